The van der Waals surface area contributed by atoms with Gasteiger partial charge < -0.3 is 0 Å². The predicted octanol–water partition coefficient (Wildman–Crippen LogP) is 4.10. The Morgan fingerprint density at radius 1 is 1.27 bits per heavy atom. The van der Waals surface area contributed by atoms with E-state index in [1.807, 2.05) is 62.4 Å². The Balaban J connectivity index is 2.21. The van der Waals surface area contributed by atoms with Crippen molar-refractivity contribution in [1.82, 2.24) is 4.98 Å². The first kappa shape index (κ1) is 16.3. The quantitative estimate of drug-likeness (QED) is 0.512. The molecule has 2 rings (SSSR count). The Labute approximate surface area is 137 Å². The molecule has 1 aromatic carbocycles. The fourth-order valence-corrected chi connectivity index (χ4v) is 2.25. The number of hydrogen-bond donors (Lipinski definition) is 1. The first-order valence-corrected chi connectivity index (χ1v) is 7.80. The number of carbonyl (C=O) groups is 1. The Kier molecular flexibility index (Phi) is 5.78. The number of thiol groups is 1. The van der Waals surface area contributed by atoms with Gasteiger partial charge in [0.05, 0.1) is 5.37 Å². The highest BCUT2D eigenvalue weighted by atomic mass is 32.1. The fourth-order valence-electron chi connectivity index (χ4n) is 2.02. The molecular formula is C18H20N2OS. The molecule has 0 aliphatic rings. The van der Waals surface area contributed by atoms with Gasteiger partial charge in [-0.15, -0.1) is 0 Å². The van der Waals surface area contributed by atoms with E-state index in [0.29, 0.717) is 5.82 Å². The SMILES string of the molecule is CCC(S)N(C(=O)/C=C/c1ccc(C)cc1)c1ccccn1. The summed E-state index contributed by atoms with van der Waals surface area (Å²) in [5.41, 5.74) is 2.19. The molecule has 1 aromatic heterocycles. The second kappa shape index (κ2) is 7.80. The highest BCUT2D eigenvalue weighted by molar-refractivity contribution is 7.81. The topological polar surface area (TPSA) is 33.2 Å². The van der Waals surface area contributed by atoms with Gasteiger partial charge in [0.15, 0.2) is 0 Å². The highest BCUT2D eigenvalue weighted by Gasteiger charge is 2.20. The molecule has 4 heteroatoms. The van der Waals surface area contributed by atoms with Gasteiger partial charge in [-0.1, -0.05) is 42.8 Å². The Bertz CT molecular complexity index is 638. The number of nitrogens with zero attached hydrogens (tertiary/aromatic N) is 2. The monoisotopic (exact) mass is 312 g/mol. The predicted molar refractivity (Wildman–Crippen MR) is 95.0 cm³/mol. The number of benzene rings is 1. The van der Waals surface area contributed by atoms with Crippen molar-refractivity contribution < 1.29 is 4.79 Å². The van der Waals surface area contributed by atoms with Gasteiger partial charge in [-0.2, -0.15) is 12.6 Å². The Morgan fingerprint density at radius 3 is 2.59 bits per heavy atom. The summed E-state index contributed by atoms with van der Waals surface area (Å²) in [6, 6.07) is 13.5. The average molecular weight is 312 g/mol. The minimum Gasteiger partial charge on any atom is -0.281 e. The molecule has 0 radical (unpaired) electrons. The summed E-state index contributed by atoms with van der Waals surface area (Å²) in [4.78, 5) is 18.4. The van der Waals surface area contributed by atoms with Crippen LogP contribution in [0.25, 0.3) is 6.08 Å². The maximum Gasteiger partial charge on any atom is 0.253 e. The van der Waals surface area contributed by atoms with Crippen molar-refractivity contribution in [2.45, 2.75) is 25.6 Å². The molecule has 2 aromatic rings. The van der Waals surface area contributed by atoms with Crippen molar-refractivity contribution >= 4 is 30.4 Å². The lowest BCUT2D eigenvalue weighted by Gasteiger charge is -2.25. The molecule has 1 heterocycles. The van der Waals surface area contributed by atoms with Crippen LogP contribution in [-0.4, -0.2) is 16.3 Å². The zero-order chi connectivity index (χ0) is 15.9. The number of carbonyl (C=O) groups excluding carboxylic acids is 1. The second-order valence-electron chi connectivity index (χ2n) is 5.03. The fraction of sp³-hybridized carbons (Fsp3) is 0.222. The molecule has 0 fully saturated rings. The summed E-state index contributed by atoms with van der Waals surface area (Å²) in [6.45, 7) is 4.03. The first-order valence-electron chi connectivity index (χ1n) is 7.29. The molecule has 0 saturated heterocycles. The van der Waals surface area contributed by atoms with Crippen molar-refractivity contribution in [2.24, 2.45) is 0 Å². The van der Waals surface area contributed by atoms with Gasteiger partial charge in [0.25, 0.3) is 5.91 Å². The summed E-state index contributed by atoms with van der Waals surface area (Å²) in [6.07, 6.45) is 5.80. The number of amides is 1. The van der Waals surface area contributed by atoms with E-state index in [1.54, 1.807) is 17.2 Å². The molecule has 0 saturated carbocycles. The highest BCUT2D eigenvalue weighted by Crippen LogP contribution is 2.19. The number of pyridine rings is 1. The van der Waals surface area contributed by atoms with Gasteiger partial charge in [0.1, 0.15) is 5.82 Å². The van der Waals surface area contributed by atoms with Crippen LogP contribution in [0.3, 0.4) is 0 Å². The number of aromatic nitrogens is 1. The standard InChI is InChI=1S/C18H20N2OS/c1-3-18(22)20(16-6-4-5-13-19-16)17(21)12-11-15-9-7-14(2)8-10-15/h4-13,18,22H,3H2,1-2H3/b12-11+. The third-order valence-corrected chi connectivity index (χ3v) is 3.89. The zero-order valence-electron chi connectivity index (χ0n) is 12.8. The van der Waals surface area contributed by atoms with Crippen LogP contribution < -0.4 is 4.90 Å². The summed E-state index contributed by atoms with van der Waals surface area (Å²) in [5, 5.41) is -0.204. The van der Waals surface area contributed by atoms with E-state index in [1.165, 1.54) is 5.56 Å². The van der Waals surface area contributed by atoms with Crippen LogP contribution in [-0.2, 0) is 4.79 Å². The van der Waals surface area contributed by atoms with Crippen molar-refractivity contribution in [2.75, 3.05) is 4.90 Å². The molecular weight excluding hydrogens is 292 g/mol. The lowest BCUT2D eigenvalue weighted by atomic mass is 10.1. The lowest BCUT2D eigenvalue weighted by molar-refractivity contribution is -0.114. The zero-order valence-corrected chi connectivity index (χ0v) is 13.7. The maximum atomic E-state index is 12.5. The minimum atomic E-state index is -0.204. The van der Waals surface area contributed by atoms with Crippen LogP contribution in [0.4, 0.5) is 5.82 Å². The molecule has 1 atom stereocenters. The number of aryl methyl sites for hydroxylation is 1. The van der Waals surface area contributed by atoms with Crippen LogP contribution in [0.1, 0.15) is 24.5 Å². The maximum absolute atomic E-state index is 12.5. The van der Waals surface area contributed by atoms with Crippen molar-refractivity contribution in [3.05, 3.63) is 65.9 Å². The van der Waals surface area contributed by atoms with E-state index in [-0.39, 0.29) is 11.3 Å². The summed E-state index contributed by atoms with van der Waals surface area (Å²) < 4.78 is 0. The first-order chi connectivity index (χ1) is 10.6. The second-order valence-corrected chi connectivity index (χ2v) is 5.63. The molecule has 3 nitrogen and oxygen atoms in total. The van der Waals surface area contributed by atoms with Gasteiger partial charge in [-0.25, -0.2) is 4.98 Å². The third kappa shape index (κ3) is 4.21. The van der Waals surface area contributed by atoms with Crippen molar-refractivity contribution in [3.63, 3.8) is 0 Å². The van der Waals surface area contributed by atoms with Gasteiger partial charge in [-0.3, -0.25) is 9.69 Å². The van der Waals surface area contributed by atoms with E-state index < -0.39 is 0 Å². The summed E-state index contributed by atoms with van der Waals surface area (Å²) in [7, 11) is 0. The average Bonchev–Trinajstić information content (AvgIpc) is 2.55. The van der Waals surface area contributed by atoms with Crippen LogP contribution in [0.5, 0.6) is 0 Å². The van der Waals surface area contributed by atoms with E-state index in [4.69, 9.17) is 0 Å². The van der Waals surface area contributed by atoms with E-state index in [2.05, 4.69) is 17.6 Å². The number of anilines is 1. The van der Waals surface area contributed by atoms with Gasteiger partial charge in [0.2, 0.25) is 0 Å². The molecule has 114 valence electrons. The smallest absolute Gasteiger partial charge is 0.253 e. The summed E-state index contributed by atoms with van der Waals surface area (Å²) >= 11 is 4.50. The molecule has 1 amide bonds. The van der Waals surface area contributed by atoms with Crippen LogP contribution in [0.15, 0.2) is 54.7 Å². The van der Waals surface area contributed by atoms with Gasteiger partial charge in [-0.05, 0) is 37.1 Å². The number of rotatable bonds is 5. The third-order valence-electron chi connectivity index (χ3n) is 3.29. The van der Waals surface area contributed by atoms with Crippen molar-refractivity contribution in [1.29, 1.82) is 0 Å². The molecule has 22 heavy (non-hydrogen) atoms. The molecule has 0 aliphatic carbocycles. The summed E-state index contributed by atoms with van der Waals surface area (Å²) in [5.74, 6) is 0.490. The molecule has 0 aliphatic heterocycles. The van der Waals surface area contributed by atoms with E-state index >= 15 is 0 Å². The van der Waals surface area contributed by atoms with E-state index in [0.717, 1.165) is 12.0 Å². The molecule has 1 unspecified atom stereocenters. The molecule has 0 spiro atoms. The van der Waals surface area contributed by atoms with Crippen LogP contribution in [0, 0.1) is 6.92 Å². The largest absolute Gasteiger partial charge is 0.281 e. The van der Waals surface area contributed by atoms with Gasteiger partial charge >= 0.3 is 0 Å². The van der Waals surface area contributed by atoms with Crippen LogP contribution in [0.2, 0.25) is 0 Å². The number of hydrogen-bond acceptors (Lipinski definition) is 3. The van der Waals surface area contributed by atoms with Gasteiger partial charge in [0, 0.05) is 12.3 Å². The van der Waals surface area contributed by atoms with Crippen LogP contribution >= 0.6 is 12.6 Å². The Morgan fingerprint density at radius 2 is 2.00 bits per heavy atom. The minimum absolute atomic E-state index is 0.124. The normalized spacial score (nSPS) is 12.3. The molecule has 0 bridgehead atoms. The van der Waals surface area contributed by atoms with E-state index in [9.17, 15) is 4.79 Å². The lowest BCUT2D eigenvalue weighted by Crippen LogP contribution is -2.36. The Hall–Kier alpha value is -2.07. The van der Waals surface area contributed by atoms with Crippen molar-refractivity contribution in [3.8, 4) is 0 Å². The molecule has 0 N–H and O–H groups in total.